The Labute approximate surface area is 125 Å². The Morgan fingerprint density at radius 3 is 2.63 bits per heavy atom. The van der Waals surface area contributed by atoms with Crippen LogP contribution >= 0.6 is 27.7 Å². The van der Waals surface area contributed by atoms with Gasteiger partial charge in [-0.3, -0.25) is 10.1 Å². The number of hydrogen-bond donors (Lipinski definition) is 1. The van der Waals surface area contributed by atoms with E-state index in [-0.39, 0.29) is 10.6 Å². The second kappa shape index (κ2) is 6.61. The molecule has 0 aliphatic heterocycles. The zero-order valence-electron chi connectivity index (χ0n) is 10.8. The second-order valence-corrected chi connectivity index (χ2v) is 6.83. The molecule has 19 heavy (non-hydrogen) atoms. The van der Waals surface area contributed by atoms with Gasteiger partial charge in [0.2, 0.25) is 0 Å². The minimum Gasteiger partial charge on any atom is -0.377 e. The third-order valence-corrected chi connectivity index (χ3v) is 5.15. The first kappa shape index (κ1) is 14.7. The van der Waals surface area contributed by atoms with E-state index in [0.717, 1.165) is 22.6 Å². The number of benzene rings is 1. The van der Waals surface area contributed by atoms with Crippen LogP contribution in [0.2, 0.25) is 0 Å². The van der Waals surface area contributed by atoms with Gasteiger partial charge in [0, 0.05) is 21.8 Å². The lowest BCUT2D eigenvalue weighted by Crippen LogP contribution is -2.27. The summed E-state index contributed by atoms with van der Waals surface area (Å²) in [5.41, 5.74) is 0.766. The highest BCUT2D eigenvalue weighted by molar-refractivity contribution is 9.10. The number of halogens is 1. The summed E-state index contributed by atoms with van der Waals surface area (Å²) in [5.74, 6) is 0. The zero-order chi connectivity index (χ0) is 13.8. The normalized spacial score (nSPS) is 23.1. The van der Waals surface area contributed by atoms with Crippen molar-refractivity contribution in [2.24, 2.45) is 0 Å². The number of nitro groups is 1. The highest BCUT2D eigenvalue weighted by atomic mass is 79.9. The van der Waals surface area contributed by atoms with Crippen molar-refractivity contribution in [1.29, 1.82) is 0 Å². The third kappa shape index (κ3) is 3.86. The van der Waals surface area contributed by atoms with E-state index in [1.807, 2.05) is 11.8 Å². The summed E-state index contributed by atoms with van der Waals surface area (Å²) in [6.07, 6.45) is 6.67. The minimum absolute atomic E-state index is 0.148. The largest absolute Gasteiger partial charge is 0.377 e. The number of nitro benzene ring substituents is 1. The Balaban J connectivity index is 2.06. The zero-order valence-corrected chi connectivity index (χ0v) is 13.2. The smallest absolute Gasteiger partial charge is 0.292 e. The number of rotatable bonds is 4. The molecule has 6 heteroatoms. The fourth-order valence-corrected chi connectivity index (χ4v) is 3.55. The Kier molecular flexibility index (Phi) is 5.10. The van der Waals surface area contributed by atoms with Gasteiger partial charge >= 0.3 is 0 Å². The Bertz CT molecular complexity index is 462. The number of hydrogen-bond acceptors (Lipinski definition) is 4. The molecule has 0 radical (unpaired) electrons. The van der Waals surface area contributed by atoms with Gasteiger partial charge in [0.25, 0.3) is 5.69 Å². The average Bonchev–Trinajstić information content (AvgIpc) is 2.39. The van der Waals surface area contributed by atoms with Crippen molar-refractivity contribution < 1.29 is 4.92 Å². The molecular weight excluding hydrogens is 328 g/mol. The van der Waals surface area contributed by atoms with E-state index >= 15 is 0 Å². The number of anilines is 1. The van der Waals surface area contributed by atoms with E-state index in [0.29, 0.717) is 11.7 Å². The molecule has 0 bridgehead atoms. The SMILES string of the molecule is CSC1CCC(Nc2cc(Br)ccc2[N+](=O)[O-])CC1. The fraction of sp³-hybridized carbons (Fsp3) is 0.538. The van der Waals surface area contributed by atoms with Gasteiger partial charge in [0.05, 0.1) is 4.92 Å². The van der Waals surface area contributed by atoms with Gasteiger partial charge in [-0.1, -0.05) is 15.9 Å². The van der Waals surface area contributed by atoms with Gasteiger partial charge in [-0.15, -0.1) is 0 Å². The van der Waals surface area contributed by atoms with E-state index in [4.69, 9.17) is 0 Å². The van der Waals surface area contributed by atoms with Gasteiger partial charge in [0.1, 0.15) is 5.69 Å². The van der Waals surface area contributed by atoms with Crippen LogP contribution in [0.25, 0.3) is 0 Å². The molecule has 0 spiro atoms. The maximum atomic E-state index is 11.0. The predicted molar refractivity (Wildman–Crippen MR) is 84.0 cm³/mol. The molecule has 1 aromatic carbocycles. The van der Waals surface area contributed by atoms with Crippen LogP contribution in [0.5, 0.6) is 0 Å². The van der Waals surface area contributed by atoms with E-state index in [2.05, 4.69) is 27.5 Å². The molecule has 104 valence electrons. The minimum atomic E-state index is -0.331. The van der Waals surface area contributed by atoms with Crippen LogP contribution < -0.4 is 5.32 Å². The Morgan fingerprint density at radius 2 is 2.05 bits per heavy atom. The van der Waals surface area contributed by atoms with Crippen LogP contribution in [0.3, 0.4) is 0 Å². The summed E-state index contributed by atoms with van der Waals surface area (Å²) >= 11 is 5.29. The summed E-state index contributed by atoms with van der Waals surface area (Å²) in [6.45, 7) is 0. The molecule has 0 amide bonds. The average molecular weight is 345 g/mol. The molecule has 0 unspecified atom stereocenters. The first-order chi connectivity index (χ1) is 9.10. The predicted octanol–water partition coefficient (Wildman–Crippen LogP) is 4.44. The summed E-state index contributed by atoms with van der Waals surface area (Å²) < 4.78 is 0.860. The highest BCUT2D eigenvalue weighted by Gasteiger charge is 2.23. The van der Waals surface area contributed by atoms with E-state index in [1.54, 1.807) is 18.2 Å². The molecule has 1 fully saturated rings. The first-order valence-corrected chi connectivity index (χ1v) is 8.41. The molecule has 1 aliphatic rings. The Hall–Kier alpha value is -0.750. The lowest BCUT2D eigenvalue weighted by atomic mass is 9.94. The maximum absolute atomic E-state index is 11.0. The van der Waals surface area contributed by atoms with Crippen molar-refractivity contribution in [3.8, 4) is 0 Å². The first-order valence-electron chi connectivity index (χ1n) is 6.33. The van der Waals surface area contributed by atoms with Crippen molar-refractivity contribution in [1.82, 2.24) is 0 Å². The van der Waals surface area contributed by atoms with Gasteiger partial charge in [-0.2, -0.15) is 11.8 Å². The van der Waals surface area contributed by atoms with Crippen molar-refractivity contribution in [3.63, 3.8) is 0 Å². The quantitative estimate of drug-likeness (QED) is 0.647. The topological polar surface area (TPSA) is 55.2 Å². The van der Waals surface area contributed by atoms with Crippen LogP contribution in [0.15, 0.2) is 22.7 Å². The number of nitrogens with zero attached hydrogens (tertiary/aromatic N) is 1. The highest BCUT2D eigenvalue weighted by Crippen LogP contribution is 2.32. The van der Waals surface area contributed by atoms with Crippen LogP contribution in [0.4, 0.5) is 11.4 Å². The van der Waals surface area contributed by atoms with E-state index in [9.17, 15) is 10.1 Å². The van der Waals surface area contributed by atoms with Crippen molar-refractivity contribution >= 4 is 39.1 Å². The van der Waals surface area contributed by atoms with Gasteiger partial charge in [-0.25, -0.2) is 0 Å². The van der Waals surface area contributed by atoms with Crippen LogP contribution in [-0.4, -0.2) is 22.5 Å². The molecular formula is C13H17BrN2O2S. The fourth-order valence-electron chi connectivity index (χ4n) is 2.45. The maximum Gasteiger partial charge on any atom is 0.292 e. The number of nitrogens with one attached hydrogen (secondary N) is 1. The lowest BCUT2D eigenvalue weighted by Gasteiger charge is -2.28. The van der Waals surface area contributed by atoms with Crippen LogP contribution in [0, 0.1) is 10.1 Å². The summed E-state index contributed by atoms with van der Waals surface area (Å²) in [4.78, 5) is 10.7. The molecule has 1 aromatic rings. The molecule has 4 nitrogen and oxygen atoms in total. The molecule has 0 aromatic heterocycles. The van der Waals surface area contributed by atoms with Crippen molar-refractivity contribution in [2.75, 3.05) is 11.6 Å². The van der Waals surface area contributed by atoms with Crippen LogP contribution in [0.1, 0.15) is 25.7 Å². The molecule has 0 heterocycles. The Morgan fingerprint density at radius 1 is 1.37 bits per heavy atom. The third-order valence-electron chi connectivity index (χ3n) is 3.52. The summed E-state index contributed by atoms with van der Waals surface area (Å²) in [6, 6.07) is 5.38. The van der Waals surface area contributed by atoms with Crippen molar-refractivity contribution in [2.45, 2.75) is 37.0 Å². The van der Waals surface area contributed by atoms with Gasteiger partial charge < -0.3 is 5.32 Å². The van der Waals surface area contributed by atoms with Gasteiger partial charge in [-0.05, 0) is 44.1 Å². The molecule has 1 N–H and O–H groups in total. The summed E-state index contributed by atoms with van der Waals surface area (Å²) in [7, 11) is 0. The van der Waals surface area contributed by atoms with Gasteiger partial charge in [0.15, 0.2) is 0 Å². The molecule has 1 aliphatic carbocycles. The standard InChI is InChI=1S/C13H17BrN2O2S/c1-19-11-5-3-10(4-6-11)15-12-8-9(14)2-7-13(12)16(17)18/h2,7-8,10-11,15H,3-6H2,1H3. The van der Waals surface area contributed by atoms with E-state index in [1.165, 1.54) is 12.8 Å². The summed E-state index contributed by atoms with van der Waals surface area (Å²) in [5, 5.41) is 15.1. The molecule has 0 saturated heterocycles. The molecule has 1 saturated carbocycles. The second-order valence-electron chi connectivity index (χ2n) is 4.77. The molecule has 2 rings (SSSR count). The van der Waals surface area contributed by atoms with Crippen LogP contribution in [-0.2, 0) is 0 Å². The van der Waals surface area contributed by atoms with Crippen molar-refractivity contribution in [3.05, 3.63) is 32.8 Å². The number of thioether (sulfide) groups is 1. The van der Waals surface area contributed by atoms with E-state index < -0.39 is 0 Å². The molecule has 0 atom stereocenters. The monoisotopic (exact) mass is 344 g/mol. The lowest BCUT2D eigenvalue weighted by molar-refractivity contribution is -0.384.